The average molecular weight is 482 g/mol. The number of halogens is 3. The van der Waals surface area contributed by atoms with Crippen molar-refractivity contribution in [2.45, 2.75) is 44.1 Å². The van der Waals surface area contributed by atoms with Crippen molar-refractivity contribution in [2.75, 3.05) is 18.6 Å². The minimum atomic E-state index is -4.87. The molecule has 2 aromatic rings. The van der Waals surface area contributed by atoms with Gasteiger partial charge in [0.05, 0.1) is 28.1 Å². The molecule has 1 fully saturated rings. The third-order valence-electron chi connectivity index (χ3n) is 5.18. The number of alkyl halides is 3. The first-order valence-electron chi connectivity index (χ1n) is 9.27. The number of benzene rings is 1. The maximum absolute atomic E-state index is 12.9. The van der Waals surface area contributed by atoms with Crippen molar-refractivity contribution in [1.82, 2.24) is 14.1 Å². The van der Waals surface area contributed by atoms with Crippen LogP contribution in [-0.2, 0) is 26.4 Å². The second-order valence-electron chi connectivity index (χ2n) is 7.43. The van der Waals surface area contributed by atoms with E-state index in [-0.39, 0.29) is 29.0 Å². The largest absolute Gasteiger partial charge is 0.573 e. The van der Waals surface area contributed by atoms with Crippen LogP contribution in [0.1, 0.15) is 29.4 Å². The topological polar surface area (TPSA) is 98.6 Å². The van der Waals surface area contributed by atoms with Gasteiger partial charge in [-0.3, -0.25) is 4.68 Å². The van der Waals surface area contributed by atoms with Crippen LogP contribution in [0.3, 0.4) is 0 Å². The van der Waals surface area contributed by atoms with Gasteiger partial charge in [0.2, 0.25) is 10.0 Å². The zero-order chi connectivity index (χ0) is 23.2. The van der Waals surface area contributed by atoms with Crippen LogP contribution in [0, 0.1) is 13.8 Å². The molecule has 1 aromatic carbocycles. The summed E-state index contributed by atoms with van der Waals surface area (Å²) in [6.07, 6.45) is -4.42. The van der Waals surface area contributed by atoms with E-state index >= 15 is 0 Å². The Morgan fingerprint density at radius 1 is 1.23 bits per heavy atom. The molecule has 13 heteroatoms. The number of sulfonamides is 1. The Morgan fingerprint density at radius 3 is 2.35 bits per heavy atom. The Labute approximate surface area is 178 Å². The summed E-state index contributed by atoms with van der Waals surface area (Å²) in [7, 11) is -5.75. The molecule has 1 aliphatic rings. The highest BCUT2D eigenvalue weighted by Crippen LogP contribution is 2.29. The fourth-order valence-electron chi connectivity index (χ4n) is 3.55. The van der Waals surface area contributed by atoms with Gasteiger partial charge in [-0.2, -0.15) is 9.40 Å². The highest BCUT2D eigenvalue weighted by Gasteiger charge is 2.33. The Morgan fingerprint density at radius 2 is 1.84 bits per heavy atom. The molecule has 0 radical (unpaired) electrons. The highest BCUT2D eigenvalue weighted by molar-refractivity contribution is 7.91. The standard InChI is InChI=1S/C18H22F3N3O5S2/c1-12-17(13(2)24(22-12)14-8-9-30(25,26)11-14)10-23(3)31(27,28)16-6-4-15(5-7-16)29-18(19,20)21/h4-7,14H,8-11H2,1-3H3. The molecule has 0 amide bonds. The van der Waals surface area contributed by atoms with Crippen molar-refractivity contribution in [1.29, 1.82) is 0 Å². The van der Waals surface area contributed by atoms with Crippen LogP contribution >= 0.6 is 0 Å². The van der Waals surface area contributed by atoms with Gasteiger partial charge in [0.1, 0.15) is 5.75 Å². The molecule has 0 N–H and O–H groups in total. The zero-order valence-electron chi connectivity index (χ0n) is 17.0. The van der Waals surface area contributed by atoms with Crippen LogP contribution < -0.4 is 4.74 Å². The van der Waals surface area contributed by atoms with Gasteiger partial charge in [-0.1, -0.05) is 0 Å². The van der Waals surface area contributed by atoms with E-state index in [4.69, 9.17) is 0 Å². The van der Waals surface area contributed by atoms with Crippen LogP contribution in [0.2, 0.25) is 0 Å². The molecular weight excluding hydrogens is 459 g/mol. The van der Waals surface area contributed by atoms with Gasteiger partial charge in [-0.25, -0.2) is 16.8 Å². The molecule has 1 unspecified atom stereocenters. The van der Waals surface area contributed by atoms with E-state index in [0.717, 1.165) is 28.6 Å². The van der Waals surface area contributed by atoms with Crippen LogP contribution in [-0.4, -0.2) is 55.8 Å². The number of hydrogen-bond donors (Lipinski definition) is 0. The van der Waals surface area contributed by atoms with Gasteiger partial charge < -0.3 is 4.74 Å². The monoisotopic (exact) mass is 481 g/mol. The predicted octanol–water partition coefficient (Wildman–Crippen LogP) is 2.58. The van der Waals surface area contributed by atoms with Crippen molar-refractivity contribution >= 4 is 19.9 Å². The number of nitrogens with zero attached hydrogens (tertiary/aromatic N) is 3. The second kappa shape index (κ2) is 8.10. The number of ether oxygens (including phenoxy) is 1. The molecule has 172 valence electrons. The van der Waals surface area contributed by atoms with Crippen molar-refractivity contribution in [3.63, 3.8) is 0 Å². The van der Waals surface area contributed by atoms with E-state index in [1.807, 2.05) is 0 Å². The van der Waals surface area contributed by atoms with Crippen LogP contribution in [0.25, 0.3) is 0 Å². The molecule has 0 aliphatic carbocycles. The van der Waals surface area contributed by atoms with Gasteiger partial charge in [0, 0.05) is 24.8 Å². The van der Waals surface area contributed by atoms with Gasteiger partial charge in [-0.15, -0.1) is 13.2 Å². The summed E-state index contributed by atoms with van der Waals surface area (Å²) < 4.78 is 92.6. The third-order valence-corrected chi connectivity index (χ3v) is 8.74. The van der Waals surface area contributed by atoms with Crippen LogP contribution in [0.15, 0.2) is 29.2 Å². The third kappa shape index (κ3) is 5.21. The van der Waals surface area contributed by atoms with E-state index in [1.54, 1.807) is 18.5 Å². The van der Waals surface area contributed by atoms with Crippen molar-refractivity contribution in [3.05, 3.63) is 41.2 Å². The predicted molar refractivity (Wildman–Crippen MR) is 106 cm³/mol. The first-order valence-corrected chi connectivity index (χ1v) is 12.5. The summed E-state index contributed by atoms with van der Waals surface area (Å²) in [5, 5.41) is 4.42. The summed E-state index contributed by atoms with van der Waals surface area (Å²) >= 11 is 0. The maximum Gasteiger partial charge on any atom is 0.573 e. The lowest BCUT2D eigenvalue weighted by molar-refractivity contribution is -0.274. The molecular formula is C18H22F3N3O5S2. The number of rotatable bonds is 6. The molecule has 1 atom stereocenters. The normalized spacial score (nSPS) is 19.1. The van der Waals surface area contributed by atoms with Crippen LogP contribution in [0.5, 0.6) is 5.75 Å². The lowest BCUT2D eigenvalue weighted by atomic mass is 10.2. The summed E-state index contributed by atoms with van der Waals surface area (Å²) in [4.78, 5) is -0.186. The van der Waals surface area contributed by atoms with Crippen LogP contribution in [0.4, 0.5) is 13.2 Å². The summed E-state index contributed by atoms with van der Waals surface area (Å²) in [5.41, 5.74) is 1.90. The average Bonchev–Trinajstić information content (AvgIpc) is 3.14. The number of aryl methyl sites for hydroxylation is 1. The number of aromatic nitrogens is 2. The molecule has 1 saturated heterocycles. The zero-order valence-corrected chi connectivity index (χ0v) is 18.7. The molecule has 3 rings (SSSR count). The van der Waals surface area contributed by atoms with E-state index in [9.17, 15) is 30.0 Å². The lowest BCUT2D eigenvalue weighted by Gasteiger charge is -2.18. The molecule has 2 heterocycles. The molecule has 0 spiro atoms. The van der Waals surface area contributed by atoms with E-state index in [2.05, 4.69) is 9.84 Å². The smallest absolute Gasteiger partial charge is 0.406 e. The lowest BCUT2D eigenvalue weighted by Crippen LogP contribution is -2.27. The summed E-state index contributed by atoms with van der Waals surface area (Å²) in [6.45, 7) is 3.44. The minimum Gasteiger partial charge on any atom is -0.406 e. The quantitative estimate of drug-likeness (QED) is 0.629. The van der Waals surface area contributed by atoms with Gasteiger partial charge in [0.15, 0.2) is 9.84 Å². The maximum atomic E-state index is 12.9. The van der Waals surface area contributed by atoms with Crippen molar-refractivity contribution in [2.24, 2.45) is 0 Å². The fraction of sp³-hybridized carbons (Fsp3) is 0.500. The van der Waals surface area contributed by atoms with E-state index in [1.165, 1.54) is 7.05 Å². The first-order chi connectivity index (χ1) is 14.2. The molecule has 0 saturated carbocycles. The number of sulfone groups is 1. The molecule has 1 aliphatic heterocycles. The van der Waals surface area contributed by atoms with Gasteiger partial charge in [0.25, 0.3) is 0 Å². The fourth-order valence-corrected chi connectivity index (χ4v) is 6.38. The SMILES string of the molecule is Cc1nn(C2CCS(=O)(=O)C2)c(C)c1CN(C)S(=O)(=O)c1ccc(OC(F)(F)F)cc1. The second-order valence-corrected chi connectivity index (χ2v) is 11.7. The van der Waals surface area contributed by atoms with Gasteiger partial charge in [-0.05, 0) is 44.5 Å². The first kappa shape index (κ1) is 23.5. The summed E-state index contributed by atoms with van der Waals surface area (Å²) in [5.74, 6) is -0.434. The molecule has 1 aromatic heterocycles. The van der Waals surface area contributed by atoms with E-state index in [0.29, 0.717) is 23.4 Å². The number of hydrogen-bond acceptors (Lipinski definition) is 6. The Balaban J connectivity index is 1.80. The minimum absolute atomic E-state index is 0.00508. The molecule has 0 bridgehead atoms. The Hall–Kier alpha value is -2.12. The van der Waals surface area contributed by atoms with Crippen molar-refractivity contribution in [3.8, 4) is 5.75 Å². The Bertz CT molecular complexity index is 1170. The molecule has 8 nitrogen and oxygen atoms in total. The highest BCUT2D eigenvalue weighted by atomic mass is 32.2. The van der Waals surface area contributed by atoms with E-state index < -0.39 is 32.0 Å². The van der Waals surface area contributed by atoms with Gasteiger partial charge >= 0.3 is 6.36 Å². The Kier molecular flexibility index (Phi) is 6.15. The molecule has 31 heavy (non-hydrogen) atoms. The summed E-state index contributed by atoms with van der Waals surface area (Å²) in [6, 6.07) is 3.66. The van der Waals surface area contributed by atoms with Crippen molar-refractivity contribution < 1.29 is 34.7 Å².